The lowest BCUT2D eigenvalue weighted by atomic mass is 9.96. The molecule has 1 atom stereocenters. The molecule has 0 heteroatoms. The van der Waals surface area contributed by atoms with E-state index in [0.29, 0.717) is 0 Å². The van der Waals surface area contributed by atoms with Gasteiger partial charge in [-0.25, -0.2) is 0 Å². The third-order valence-electron chi connectivity index (χ3n) is 3.03. The normalized spacial score (nSPS) is 23.0. The van der Waals surface area contributed by atoms with E-state index in [0.717, 1.165) is 5.92 Å². The quantitative estimate of drug-likeness (QED) is 0.425. The number of unbranched alkanes of at least 4 members (excludes halogenated alkanes) is 3. The van der Waals surface area contributed by atoms with Crippen LogP contribution < -0.4 is 0 Å². The van der Waals surface area contributed by atoms with Gasteiger partial charge in [0.25, 0.3) is 0 Å². The van der Waals surface area contributed by atoms with Crippen LogP contribution in [-0.2, 0) is 0 Å². The molecule has 0 bridgehead atoms. The van der Waals surface area contributed by atoms with E-state index in [-0.39, 0.29) is 0 Å². The first kappa shape index (κ1) is 10.8. The lowest BCUT2D eigenvalue weighted by molar-refractivity contribution is 0.489. The third kappa shape index (κ3) is 5.13. The van der Waals surface area contributed by atoms with Crippen LogP contribution in [0.15, 0.2) is 12.2 Å². The van der Waals surface area contributed by atoms with Crippen molar-refractivity contribution in [2.45, 2.75) is 64.7 Å². The number of allylic oxidation sites excluding steroid dienone is 2. The Labute approximate surface area is 83.4 Å². The van der Waals surface area contributed by atoms with Crippen LogP contribution in [0.25, 0.3) is 0 Å². The number of hydrogen-bond acceptors (Lipinski definition) is 0. The van der Waals surface area contributed by atoms with Crippen LogP contribution in [-0.4, -0.2) is 0 Å². The lowest BCUT2D eigenvalue weighted by Gasteiger charge is -2.09. The number of rotatable bonds is 5. The van der Waals surface area contributed by atoms with E-state index in [1.807, 2.05) is 0 Å². The van der Waals surface area contributed by atoms with Gasteiger partial charge in [-0.15, -0.1) is 0 Å². The Morgan fingerprint density at radius 2 is 2.08 bits per heavy atom. The summed E-state index contributed by atoms with van der Waals surface area (Å²) in [6.07, 6.45) is 17.6. The maximum absolute atomic E-state index is 2.47. The first-order valence-corrected chi connectivity index (χ1v) is 6.10. The maximum Gasteiger partial charge on any atom is -0.0234 e. The van der Waals surface area contributed by atoms with Gasteiger partial charge in [-0.1, -0.05) is 51.2 Å². The SMILES string of the molecule is CCCCCCC1C=CCCCC1. The zero-order valence-corrected chi connectivity index (χ0v) is 9.10. The first-order valence-electron chi connectivity index (χ1n) is 6.10. The molecule has 0 aromatic carbocycles. The smallest absolute Gasteiger partial charge is 0.0234 e. The van der Waals surface area contributed by atoms with Crippen molar-refractivity contribution < 1.29 is 0 Å². The third-order valence-corrected chi connectivity index (χ3v) is 3.03. The van der Waals surface area contributed by atoms with Gasteiger partial charge in [0.2, 0.25) is 0 Å². The van der Waals surface area contributed by atoms with Gasteiger partial charge in [0, 0.05) is 0 Å². The Balaban J connectivity index is 2.05. The largest absolute Gasteiger partial charge is 0.0883 e. The predicted octanol–water partition coefficient (Wildman–Crippen LogP) is 4.70. The Morgan fingerprint density at radius 1 is 1.15 bits per heavy atom. The minimum absolute atomic E-state index is 0.916. The van der Waals surface area contributed by atoms with Crippen LogP contribution in [0, 0.1) is 5.92 Å². The van der Waals surface area contributed by atoms with Crippen LogP contribution in [0.1, 0.15) is 64.7 Å². The zero-order valence-electron chi connectivity index (χ0n) is 9.10. The van der Waals surface area contributed by atoms with Gasteiger partial charge < -0.3 is 0 Å². The van der Waals surface area contributed by atoms with E-state index in [9.17, 15) is 0 Å². The van der Waals surface area contributed by atoms with E-state index in [1.165, 1.54) is 57.8 Å². The summed E-state index contributed by atoms with van der Waals surface area (Å²) in [5.41, 5.74) is 0. The van der Waals surface area contributed by atoms with Gasteiger partial charge in [0.15, 0.2) is 0 Å². The molecule has 0 saturated heterocycles. The molecular weight excluding hydrogens is 156 g/mol. The Morgan fingerprint density at radius 3 is 2.92 bits per heavy atom. The summed E-state index contributed by atoms with van der Waals surface area (Å²) >= 11 is 0. The summed E-state index contributed by atoms with van der Waals surface area (Å²) in [5, 5.41) is 0. The van der Waals surface area contributed by atoms with Crippen molar-refractivity contribution in [3.05, 3.63) is 12.2 Å². The highest BCUT2D eigenvalue weighted by atomic mass is 14.1. The summed E-state index contributed by atoms with van der Waals surface area (Å²) in [6.45, 7) is 2.28. The van der Waals surface area contributed by atoms with Crippen LogP contribution in [0.4, 0.5) is 0 Å². The summed E-state index contributed by atoms with van der Waals surface area (Å²) in [4.78, 5) is 0. The van der Waals surface area contributed by atoms with Crippen molar-refractivity contribution in [3.8, 4) is 0 Å². The van der Waals surface area contributed by atoms with Crippen molar-refractivity contribution in [1.82, 2.24) is 0 Å². The van der Waals surface area contributed by atoms with Gasteiger partial charge in [-0.3, -0.25) is 0 Å². The second kappa shape index (κ2) is 7.17. The van der Waals surface area contributed by atoms with Gasteiger partial charge in [-0.2, -0.15) is 0 Å². The summed E-state index contributed by atoms with van der Waals surface area (Å²) < 4.78 is 0. The molecule has 0 radical (unpaired) electrons. The van der Waals surface area contributed by atoms with E-state index in [2.05, 4.69) is 19.1 Å². The van der Waals surface area contributed by atoms with Gasteiger partial charge in [-0.05, 0) is 31.6 Å². The molecule has 0 amide bonds. The standard InChI is InChI=1S/C13H24/c1-2-3-4-7-10-13-11-8-5-6-9-12-13/h8,11,13H,2-7,9-10,12H2,1H3. The highest BCUT2D eigenvalue weighted by Gasteiger charge is 2.06. The first-order chi connectivity index (χ1) is 6.43. The molecule has 1 aliphatic rings. The highest BCUT2D eigenvalue weighted by Crippen LogP contribution is 2.22. The molecule has 0 heterocycles. The van der Waals surface area contributed by atoms with Crippen molar-refractivity contribution in [2.24, 2.45) is 5.92 Å². The average Bonchev–Trinajstić information content (AvgIpc) is 2.41. The molecule has 0 fully saturated rings. The molecule has 0 N–H and O–H groups in total. The second-order valence-corrected chi connectivity index (χ2v) is 4.32. The molecule has 1 unspecified atom stereocenters. The second-order valence-electron chi connectivity index (χ2n) is 4.32. The van der Waals surface area contributed by atoms with Crippen LogP contribution in [0.3, 0.4) is 0 Å². The molecule has 76 valence electrons. The maximum atomic E-state index is 2.47. The average molecular weight is 180 g/mol. The highest BCUT2D eigenvalue weighted by molar-refractivity contribution is 4.90. The summed E-state index contributed by atoms with van der Waals surface area (Å²) in [7, 11) is 0. The molecule has 0 spiro atoms. The zero-order chi connectivity index (χ0) is 9.36. The molecule has 0 aliphatic heterocycles. The Kier molecular flexibility index (Phi) is 5.97. The Bertz CT molecular complexity index is 135. The fourth-order valence-corrected chi connectivity index (χ4v) is 2.13. The summed E-state index contributed by atoms with van der Waals surface area (Å²) in [5.74, 6) is 0.916. The molecule has 1 rings (SSSR count). The topological polar surface area (TPSA) is 0 Å². The van der Waals surface area contributed by atoms with Crippen LogP contribution >= 0.6 is 0 Å². The molecule has 0 nitrogen and oxygen atoms in total. The van der Waals surface area contributed by atoms with Gasteiger partial charge in [0.1, 0.15) is 0 Å². The van der Waals surface area contributed by atoms with E-state index in [1.54, 1.807) is 0 Å². The van der Waals surface area contributed by atoms with Crippen molar-refractivity contribution in [3.63, 3.8) is 0 Å². The van der Waals surface area contributed by atoms with E-state index in [4.69, 9.17) is 0 Å². The molecular formula is C13H24. The van der Waals surface area contributed by atoms with E-state index >= 15 is 0 Å². The fourth-order valence-electron chi connectivity index (χ4n) is 2.13. The summed E-state index contributed by atoms with van der Waals surface area (Å²) in [6, 6.07) is 0. The van der Waals surface area contributed by atoms with Gasteiger partial charge >= 0.3 is 0 Å². The monoisotopic (exact) mass is 180 g/mol. The minimum atomic E-state index is 0.916. The van der Waals surface area contributed by atoms with Crippen molar-refractivity contribution >= 4 is 0 Å². The number of hydrogen-bond donors (Lipinski definition) is 0. The molecule has 0 aromatic heterocycles. The predicted molar refractivity (Wildman–Crippen MR) is 59.9 cm³/mol. The van der Waals surface area contributed by atoms with Crippen molar-refractivity contribution in [1.29, 1.82) is 0 Å². The molecule has 1 aliphatic carbocycles. The molecule has 13 heavy (non-hydrogen) atoms. The van der Waals surface area contributed by atoms with Crippen LogP contribution in [0.2, 0.25) is 0 Å². The van der Waals surface area contributed by atoms with Crippen molar-refractivity contribution in [2.75, 3.05) is 0 Å². The Hall–Kier alpha value is -0.260. The molecule has 0 saturated carbocycles. The fraction of sp³-hybridized carbons (Fsp3) is 0.846. The molecule has 0 aromatic rings. The van der Waals surface area contributed by atoms with Gasteiger partial charge in [0.05, 0.1) is 0 Å². The lowest BCUT2D eigenvalue weighted by Crippen LogP contribution is -1.95. The van der Waals surface area contributed by atoms with E-state index < -0.39 is 0 Å². The minimum Gasteiger partial charge on any atom is -0.0883 e. The van der Waals surface area contributed by atoms with Crippen LogP contribution in [0.5, 0.6) is 0 Å².